The van der Waals surface area contributed by atoms with Crippen molar-refractivity contribution < 1.29 is 17.9 Å². The summed E-state index contributed by atoms with van der Waals surface area (Å²) in [6, 6.07) is 18.3. The Morgan fingerprint density at radius 2 is 1.44 bits per heavy atom. The highest BCUT2D eigenvalue weighted by molar-refractivity contribution is 9.11. The van der Waals surface area contributed by atoms with Crippen molar-refractivity contribution in [3.8, 4) is 39.1 Å². The van der Waals surface area contributed by atoms with E-state index in [0.29, 0.717) is 42.5 Å². The summed E-state index contributed by atoms with van der Waals surface area (Å²) in [6.45, 7) is 0. The molecule has 0 spiro atoms. The Balaban J connectivity index is 2.17. The minimum atomic E-state index is -0.475. The molecular formula is C25H13Br3F3O. The SMILES string of the molecule is COc1c(-c2ccc(F)cc2Br)c(Br)[c]c(-c2ccccc2F)c1-c1cccc(F)c1Br. The molecule has 0 aliphatic rings. The van der Waals surface area contributed by atoms with Gasteiger partial charge in [-0.3, -0.25) is 0 Å². The van der Waals surface area contributed by atoms with Gasteiger partial charge in [-0.15, -0.1) is 0 Å². The van der Waals surface area contributed by atoms with Gasteiger partial charge in [0.1, 0.15) is 23.2 Å². The molecule has 161 valence electrons. The number of ether oxygens (including phenoxy) is 1. The van der Waals surface area contributed by atoms with Crippen molar-refractivity contribution in [3.63, 3.8) is 0 Å². The van der Waals surface area contributed by atoms with Gasteiger partial charge in [0.15, 0.2) is 0 Å². The Labute approximate surface area is 208 Å². The lowest BCUT2D eigenvalue weighted by molar-refractivity contribution is 0.418. The summed E-state index contributed by atoms with van der Waals surface area (Å²) < 4.78 is 50.1. The average Bonchev–Trinajstić information content (AvgIpc) is 2.76. The van der Waals surface area contributed by atoms with E-state index >= 15 is 0 Å². The van der Waals surface area contributed by atoms with E-state index < -0.39 is 17.5 Å². The number of benzene rings is 4. The van der Waals surface area contributed by atoms with Crippen LogP contribution in [-0.2, 0) is 0 Å². The molecule has 0 fully saturated rings. The minimum absolute atomic E-state index is 0.204. The summed E-state index contributed by atoms with van der Waals surface area (Å²) in [5.74, 6) is -0.984. The monoisotopic (exact) mass is 623 g/mol. The third kappa shape index (κ3) is 4.14. The molecule has 4 rings (SSSR count). The quantitative estimate of drug-likeness (QED) is 0.220. The summed E-state index contributed by atoms with van der Waals surface area (Å²) in [7, 11) is 1.48. The van der Waals surface area contributed by atoms with Crippen molar-refractivity contribution in [2.45, 2.75) is 0 Å². The molecule has 0 heterocycles. The summed E-state index contributed by atoms with van der Waals surface area (Å²) in [6.07, 6.45) is 0. The van der Waals surface area contributed by atoms with E-state index in [1.54, 1.807) is 36.4 Å². The van der Waals surface area contributed by atoms with Crippen LogP contribution in [0.5, 0.6) is 5.75 Å². The van der Waals surface area contributed by atoms with Crippen LogP contribution in [0.15, 0.2) is 74.1 Å². The van der Waals surface area contributed by atoms with Crippen molar-refractivity contribution in [2.75, 3.05) is 7.11 Å². The Bertz CT molecular complexity index is 1340. The first-order valence-electron chi connectivity index (χ1n) is 9.31. The van der Waals surface area contributed by atoms with Gasteiger partial charge in [-0.2, -0.15) is 0 Å². The second kappa shape index (κ2) is 9.41. The highest BCUT2D eigenvalue weighted by atomic mass is 79.9. The third-order valence-electron chi connectivity index (χ3n) is 4.93. The summed E-state index contributed by atoms with van der Waals surface area (Å²) in [5, 5.41) is 0. The van der Waals surface area contributed by atoms with Crippen LogP contribution in [0.3, 0.4) is 0 Å². The topological polar surface area (TPSA) is 9.23 Å². The van der Waals surface area contributed by atoms with Gasteiger partial charge in [0.25, 0.3) is 0 Å². The molecule has 0 N–H and O–H groups in total. The largest absolute Gasteiger partial charge is 0.495 e. The van der Waals surface area contributed by atoms with Gasteiger partial charge < -0.3 is 4.74 Å². The Morgan fingerprint density at radius 3 is 2.12 bits per heavy atom. The summed E-state index contributed by atoms with van der Waals surface area (Å²) in [5.41, 5.74) is 2.76. The Kier molecular flexibility index (Phi) is 6.79. The molecule has 0 saturated heterocycles. The predicted octanol–water partition coefficient (Wildman–Crippen LogP) is 9.20. The van der Waals surface area contributed by atoms with Crippen LogP contribution in [0.1, 0.15) is 0 Å². The molecule has 0 bridgehead atoms. The molecule has 0 amide bonds. The molecule has 32 heavy (non-hydrogen) atoms. The first-order valence-corrected chi connectivity index (χ1v) is 11.7. The lowest BCUT2D eigenvalue weighted by Gasteiger charge is -2.21. The van der Waals surface area contributed by atoms with Crippen LogP contribution < -0.4 is 4.74 Å². The molecule has 0 aliphatic carbocycles. The first-order chi connectivity index (χ1) is 15.3. The smallest absolute Gasteiger partial charge is 0.138 e. The standard InChI is InChI=1S/C25H13Br3F3O/c1-32-25-22(16-6-4-8-21(31)24(16)28)17(14-5-2-3-7-20(14)30)12-19(27)23(25)15-10-9-13(29)11-18(15)26/h2-11H,1H3. The molecule has 7 heteroatoms. The highest BCUT2D eigenvalue weighted by Crippen LogP contribution is 2.51. The zero-order valence-electron chi connectivity index (χ0n) is 16.4. The fourth-order valence-corrected chi connectivity index (χ4v) is 5.13. The molecule has 1 nitrogen and oxygen atoms in total. The predicted molar refractivity (Wildman–Crippen MR) is 131 cm³/mol. The fraction of sp³-hybridized carbons (Fsp3) is 0.0400. The normalized spacial score (nSPS) is 11.0. The van der Waals surface area contributed by atoms with E-state index in [0.717, 1.165) is 0 Å². The molecule has 1 radical (unpaired) electrons. The number of rotatable bonds is 4. The maximum absolute atomic E-state index is 14.8. The maximum atomic E-state index is 14.8. The Morgan fingerprint density at radius 1 is 0.750 bits per heavy atom. The van der Waals surface area contributed by atoms with Gasteiger partial charge in [-0.1, -0.05) is 52.3 Å². The molecule has 0 aliphatic heterocycles. The van der Waals surface area contributed by atoms with E-state index in [2.05, 4.69) is 53.9 Å². The second-order valence-electron chi connectivity index (χ2n) is 6.80. The number of hydrogen-bond donors (Lipinski definition) is 0. The van der Waals surface area contributed by atoms with Crippen LogP contribution in [0.4, 0.5) is 13.2 Å². The lowest BCUT2D eigenvalue weighted by atomic mass is 9.89. The van der Waals surface area contributed by atoms with Gasteiger partial charge in [0.05, 0.1) is 11.6 Å². The maximum Gasteiger partial charge on any atom is 0.138 e. The highest BCUT2D eigenvalue weighted by Gasteiger charge is 2.26. The average molecular weight is 626 g/mol. The molecule has 0 unspecified atom stereocenters. The van der Waals surface area contributed by atoms with E-state index in [9.17, 15) is 13.2 Å². The lowest BCUT2D eigenvalue weighted by Crippen LogP contribution is -1.99. The van der Waals surface area contributed by atoms with Crippen LogP contribution in [0, 0.1) is 23.5 Å². The molecule has 0 saturated carbocycles. The van der Waals surface area contributed by atoms with Gasteiger partial charge >= 0.3 is 0 Å². The van der Waals surface area contributed by atoms with Gasteiger partial charge in [-0.05, 0) is 56.1 Å². The molecule has 0 atom stereocenters. The molecule has 4 aromatic rings. The first kappa shape index (κ1) is 23.1. The van der Waals surface area contributed by atoms with Crippen molar-refractivity contribution in [1.29, 1.82) is 0 Å². The van der Waals surface area contributed by atoms with Gasteiger partial charge in [0, 0.05) is 48.4 Å². The molecular weight excluding hydrogens is 613 g/mol. The fourth-order valence-electron chi connectivity index (χ4n) is 3.53. The zero-order valence-corrected chi connectivity index (χ0v) is 21.2. The van der Waals surface area contributed by atoms with Gasteiger partial charge in [-0.25, -0.2) is 13.2 Å². The zero-order chi connectivity index (χ0) is 23.0. The summed E-state index contributed by atoms with van der Waals surface area (Å²) in [4.78, 5) is 0. The molecule has 4 aromatic carbocycles. The van der Waals surface area contributed by atoms with Crippen LogP contribution in [-0.4, -0.2) is 7.11 Å². The van der Waals surface area contributed by atoms with E-state index in [4.69, 9.17) is 4.74 Å². The van der Waals surface area contributed by atoms with Crippen molar-refractivity contribution in [2.24, 2.45) is 0 Å². The van der Waals surface area contributed by atoms with E-state index in [1.807, 2.05) is 0 Å². The van der Waals surface area contributed by atoms with Crippen molar-refractivity contribution in [1.82, 2.24) is 0 Å². The van der Waals surface area contributed by atoms with Crippen LogP contribution in [0.25, 0.3) is 33.4 Å². The third-order valence-corrected chi connectivity index (χ3v) is 6.98. The number of methoxy groups -OCH3 is 1. The van der Waals surface area contributed by atoms with E-state index in [-0.39, 0.29) is 10.0 Å². The van der Waals surface area contributed by atoms with Crippen molar-refractivity contribution in [3.05, 3.63) is 97.6 Å². The minimum Gasteiger partial charge on any atom is -0.495 e. The molecule has 0 aromatic heterocycles. The van der Waals surface area contributed by atoms with Crippen LogP contribution in [0.2, 0.25) is 0 Å². The number of hydrogen-bond acceptors (Lipinski definition) is 1. The Hall–Kier alpha value is -2.09. The van der Waals surface area contributed by atoms with Gasteiger partial charge in [0.2, 0.25) is 0 Å². The summed E-state index contributed by atoms with van der Waals surface area (Å²) >= 11 is 10.3. The van der Waals surface area contributed by atoms with Crippen molar-refractivity contribution >= 4 is 47.8 Å². The second-order valence-corrected chi connectivity index (χ2v) is 9.24. The van der Waals surface area contributed by atoms with E-state index in [1.165, 1.54) is 31.4 Å². The number of halogens is 6. The van der Waals surface area contributed by atoms with Crippen LogP contribution >= 0.6 is 47.8 Å².